The fourth-order valence-electron chi connectivity index (χ4n) is 4.61. The van der Waals surface area contributed by atoms with Crippen LogP contribution in [0.1, 0.15) is 28.8 Å². The molecular formula is C26H21ClFN3O4S2. The molecule has 0 aliphatic carbocycles. The minimum absolute atomic E-state index is 0.0672. The number of fused-ring (bicyclic) bond motifs is 1. The number of rotatable bonds is 6. The number of nitrogens with zero attached hydrogens (tertiary/aromatic N) is 2. The van der Waals surface area contributed by atoms with Crippen molar-refractivity contribution in [2.45, 2.75) is 23.2 Å². The number of piperidine rings is 1. The van der Waals surface area contributed by atoms with E-state index in [-0.39, 0.29) is 26.7 Å². The zero-order valence-electron chi connectivity index (χ0n) is 19.4. The molecule has 0 saturated carbocycles. The third-order valence-electron chi connectivity index (χ3n) is 6.65. The molecule has 0 spiro atoms. The topological polar surface area (TPSA) is 96.4 Å². The first-order chi connectivity index (χ1) is 17.7. The summed E-state index contributed by atoms with van der Waals surface area (Å²) in [6.45, 7) is 0.761. The Morgan fingerprint density at radius 3 is 2.46 bits per heavy atom. The Balaban J connectivity index is 1.29. The van der Waals surface area contributed by atoms with Crippen molar-refractivity contribution >= 4 is 61.1 Å². The Morgan fingerprint density at radius 1 is 1.08 bits per heavy atom. The van der Waals surface area contributed by atoms with Gasteiger partial charge in [-0.2, -0.15) is 0 Å². The van der Waals surface area contributed by atoms with E-state index in [0.29, 0.717) is 36.5 Å². The van der Waals surface area contributed by atoms with Crippen LogP contribution in [0.25, 0.3) is 10.2 Å². The van der Waals surface area contributed by atoms with Crippen LogP contribution >= 0.6 is 22.9 Å². The first kappa shape index (κ1) is 25.3. The number of thiazole rings is 1. The van der Waals surface area contributed by atoms with E-state index in [1.807, 2.05) is 18.2 Å². The summed E-state index contributed by atoms with van der Waals surface area (Å²) in [5.74, 6) is -0.745. The molecule has 2 heterocycles. The second-order valence-corrected chi connectivity index (χ2v) is 11.7. The summed E-state index contributed by atoms with van der Waals surface area (Å²) < 4.78 is 42.5. The molecule has 1 N–H and O–H groups in total. The number of sulfonamides is 1. The van der Waals surface area contributed by atoms with E-state index in [0.717, 1.165) is 29.3 Å². The highest BCUT2D eigenvalue weighted by Gasteiger charge is 2.38. The van der Waals surface area contributed by atoms with Gasteiger partial charge in [0.25, 0.3) is 15.9 Å². The van der Waals surface area contributed by atoms with Crippen LogP contribution in [0.2, 0.25) is 5.02 Å². The van der Waals surface area contributed by atoms with E-state index in [2.05, 4.69) is 9.71 Å². The summed E-state index contributed by atoms with van der Waals surface area (Å²) in [5, 5.41) is 0.531. The quantitative estimate of drug-likeness (QED) is 0.326. The molecule has 0 radical (unpaired) electrons. The molecular weight excluding hydrogens is 537 g/mol. The number of likely N-dealkylation sites (tertiary alicyclic amines) is 1. The third kappa shape index (κ3) is 4.72. The van der Waals surface area contributed by atoms with Gasteiger partial charge >= 0.3 is 0 Å². The number of nitrogens with one attached hydrogen (secondary N) is 1. The van der Waals surface area contributed by atoms with Crippen LogP contribution in [0.5, 0.6) is 0 Å². The van der Waals surface area contributed by atoms with Crippen molar-refractivity contribution in [2.75, 3.05) is 17.8 Å². The Hall–Kier alpha value is -3.34. The van der Waals surface area contributed by atoms with Gasteiger partial charge in [-0.3, -0.25) is 9.52 Å². The highest BCUT2D eigenvalue weighted by Crippen LogP contribution is 2.38. The number of anilines is 1. The van der Waals surface area contributed by atoms with Crippen molar-refractivity contribution in [2.24, 2.45) is 0 Å². The van der Waals surface area contributed by atoms with Crippen LogP contribution in [0.15, 0.2) is 71.1 Å². The molecule has 1 saturated heterocycles. The third-order valence-corrected chi connectivity index (χ3v) is 9.23. The molecule has 1 aromatic heterocycles. The molecule has 3 aromatic carbocycles. The number of hydrogen-bond donors (Lipinski definition) is 1. The van der Waals surface area contributed by atoms with E-state index >= 15 is 0 Å². The second kappa shape index (κ2) is 9.85. The molecule has 0 unspecified atom stereocenters. The number of aromatic nitrogens is 1. The van der Waals surface area contributed by atoms with E-state index < -0.39 is 21.3 Å². The van der Waals surface area contributed by atoms with Gasteiger partial charge in [-0.1, -0.05) is 29.8 Å². The van der Waals surface area contributed by atoms with Crippen LogP contribution in [0, 0.1) is 5.82 Å². The highest BCUT2D eigenvalue weighted by molar-refractivity contribution is 7.93. The minimum atomic E-state index is -4.04. The molecule has 7 nitrogen and oxygen atoms in total. The van der Waals surface area contributed by atoms with Crippen LogP contribution in [-0.2, 0) is 20.2 Å². The number of amides is 1. The molecule has 1 aliphatic rings. The Labute approximate surface area is 221 Å². The normalized spacial score (nSPS) is 15.5. The summed E-state index contributed by atoms with van der Waals surface area (Å²) in [5.41, 5.74) is 2.13. The smallest absolute Gasteiger partial charge is 0.264 e. The number of benzene rings is 3. The van der Waals surface area contributed by atoms with Gasteiger partial charge in [-0.05, 0) is 60.9 Å². The predicted molar refractivity (Wildman–Crippen MR) is 141 cm³/mol. The largest absolute Gasteiger partial charge is 0.339 e. The lowest BCUT2D eigenvalue weighted by molar-refractivity contribution is -0.114. The van der Waals surface area contributed by atoms with Crippen molar-refractivity contribution in [3.05, 3.63) is 88.1 Å². The molecule has 0 atom stereocenters. The predicted octanol–water partition coefficient (Wildman–Crippen LogP) is 5.26. The number of carbonyl (C=O) groups excluding carboxylic acids is 2. The zero-order chi connectivity index (χ0) is 26.2. The zero-order valence-corrected chi connectivity index (χ0v) is 21.7. The van der Waals surface area contributed by atoms with Crippen molar-refractivity contribution in [3.8, 4) is 0 Å². The molecule has 1 fully saturated rings. The maximum Gasteiger partial charge on any atom is 0.264 e. The van der Waals surface area contributed by atoms with Crippen molar-refractivity contribution < 1.29 is 22.4 Å². The summed E-state index contributed by atoms with van der Waals surface area (Å²) in [6, 6.07) is 15.6. The van der Waals surface area contributed by atoms with Crippen LogP contribution in [0.4, 0.5) is 10.1 Å². The van der Waals surface area contributed by atoms with E-state index in [9.17, 15) is 22.4 Å². The van der Waals surface area contributed by atoms with E-state index in [1.54, 1.807) is 23.1 Å². The number of aldehydes is 1. The Bertz CT molecular complexity index is 1600. The Morgan fingerprint density at radius 2 is 1.78 bits per heavy atom. The maximum absolute atomic E-state index is 14.0. The molecule has 5 rings (SSSR count). The Kier molecular flexibility index (Phi) is 6.74. The highest BCUT2D eigenvalue weighted by atomic mass is 35.5. The van der Waals surface area contributed by atoms with Gasteiger partial charge in [0, 0.05) is 29.4 Å². The minimum Gasteiger partial charge on any atom is -0.339 e. The summed E-state index contributed by atoms with van der Waals surface area (Å²) in [7, 11) is -4.04. The monoisotopic (exact) mass is 557 g/mol. The van der Waals surface area contributed by atoms with E-state index in [1.165, 1.54) is 23.7 Å². The lowest BCUT2D eigenvalue weighted by atomic mass is 9.74. The van der Waals surface area contributed by atoms with Gasteiger partial charge in [-0.25, -0.2) is 17.8 Å². The van der Waals surface area contributed by atoms with Gasteiger partial charge in [0.1, 0.15) is 22.5 Å². The molecule has 1 aliphatic heterocycles. The van der Waals surface area contributed by atoms with Crippen LogP contribution < -0.4 is 4.72 Å². The summed E-state index contributed by atoms with van der Waals surface area (Å²) >= 11 is 7.37. The average Bonchev–Trinajstić information content (AvgIpc) is 3.40. The fourth-order valence-corrected chi connectivity index (χ4v) is 6.93. The fraction of sp³-hybridized carbons (Fsp3) is 0.192. The van der Waals surface area contributed by atoms with Crippen LogP contribution in [0.3, 0.4) is 0 Å². The second-order valence-electron chi connectivity index (χ2n) is 8.80. The van der Waals surface area contributed by atoms with Gasteiger partial charge in [-0.15, -0.1) is 11.3 Å². The molecule has 0 bridgehead atoms. The number of carbonyl (C=O) groups is 2. The molecule has 1 amide bonds. The van der Waals surface area contributed by atoms with Crippen molar-refractivity contribution in [1.29, 1.82) is 0 Å². The summed E-state index contributed by atoms with van der Waals surface area (Å²) in [4.78, 5) is 30.7. The lowest BCUT2D eigenvalue weighted by Crippen LogP contribution is -2.46. The molecule has 4 aromatic rings. The standard InChI is InChI=1S/C26H21ClFN3O4S2/c27-20-4-2-1-3-19(20)26(15-32)11-13-31(14-12-26)25(33)17-5-7-18(8-6-17)30-37(34,35)22-10-9-21(28)24-23(22)29-16-36-24/h1-10,15-16,30H,11-14H2. The lowest BCUT2D eigenvalue weighted by Gasteiger charge is -2.39. The van der Waals surface area contributed by atoms with Gasteiger partial charge in [0.15, 0.2) is 0 Å². The first-order valence-corrected chi connectivity index (χ1v) is 14.1. The van der Waals surface area contributed by atoms with Gasteiger partial charge in [0.2, 0.25) is 0 Å². The van der Waals surface area contributed by atoms with Gasteiger partial charge < -0.3 is 9.69 Å². The average molecular weight is 558 g/mol. The van der Waals surface area contributed by atoms with Crippen molar-refractivity contribution in [1.82, 2.24) is 9.88 Å². The molecule has 190 valence electrons. The maximum atomic E-state index is 14.0. The van der Waals surface area contributed by atoms with Crippen LogP contribution in [-0.4, -0.2) is 43.6 Å². The first-order valence-electron chi connectivity index (χ1n) is 11.4. The number of halogens is 2. The van der Waals surface area contributed by atoms with E-state index in [4.69, 9.17) is 11.6 Å². The van der Waals surface area contributed by atoms with Gasteiger partial charge in [0.05, 0.1) is 15.6 Å². The van der Waals surface area contributed by atoms with Crippen molar-refractivity contribution in [3.63, 3.8) is 0 Å². The molecule has 11 heteroatoms. The number of hydrogen-bond acceptors (Lipinski definition) is 6. The summed E-state index contributed by atoms with van der Waals surface area (Å²) in [6.07, 6.45) is 1.83. The molecule has 37 heavy (non-hydrogen) atoms. The SMILES string of the molecule is O=CC1(c2ccccc2Cl)CCN(C(=O)c2ccc(NS(=O)(=O)c3ccc(F)c4scnc34)cc2)CC1.